The van der Waals surface area contributed by atoms with Gasteiger partial charge in [0.05, 0.1) is 6.17 Å². The number of hydrogen-bond acceptors (Lipinski definition) is 4. The third-order valence-electron chi connectivity index (χ3n) is 3.56. The van der Waals surface area contributed by atoms with Gasteiger partial charge >= 0.3 is 0 Å². The van der Waals surface area contributed by atoms with Gasteiger partial charge in [-0.05, 0) is 26.7 Å². The Morgan fingerprint density at radius 1 is 1.33 bits per heavy atom. The molecular formula is C11H23N3O. The first kappa shape index (κ1) is 11.3. The Bertz CT molecular complexity index is 210. The molecule has 3 atom stereocenters. The molecule has 0 radical (unpaired) electrons. The maximum atomic E-state index is 5.40. The zero-order chi connectivity index (χ0) is 10.8. The van der Waals surface area contributed by atoms with Crippen molar-refractivity contribution < 1.29 is 4.74 Å². The minimum Gasteiger partial charge on any atom is -0.367 e. The van der Waals surface area contributed by atoms with E-state index in [-0.39, 0.29) is 6.23 Å². The van der Waals surface area contributed by atoms with Crippen LogP contribution in [-0.4, -0.2) is 49.6 Å². The topological polar surface area (TPSA) is 36.5 Å². The molecule has 0 spiro atoms. The Morgan fingerprint density at radius 2 is 2.13 bits per heavy atom. The zero-order valence-corrected chi connectivity index (χ0v) is 9.99. The van der Waals surface area contributed by atoms with Crippen molar-refractivity contribution in [1.82, 2.24) is 15.5 Å². The van der Waals surface area contributed by atoms with Crippen molar-refractivity contribution in [2.75, 3.05) is 20.2 Å². The molecule has 2 heterocycles. The SMILES string of the molecule is COC1CCC2NCCN(C(C)C)C2N1. The summed E-state index contributed by atoms with van der Waals surface area (Å²) in [5.74, 6) is 0. The molecule has 2 rings (SSSR count). The summed E-state index contributed by atoms with van der Waals surface area (Å²) >= 11 is 0. The summed E-state index contributed by atoms with van der Waals surface area (Å²) in [4.78, 5) is 2.53. The molecule has 2 N–H and O–H groups in total. The summed E-state index contributed by atoms with van der Waals surface area (Å²) in [7, 11) is 1.79. The highest BCUT2D eigenvalue weighted by Crippen LogP contribution is 2.21. The fraction of sp³-hybridized carbons (Fsp3) is 1.00. The number of piperazine rings is 1. The lowest BCUT2D eigenvalue weighted by molar-refractivity contribution is -0.0398. The molecular weight excluding hydrogens is 190 g/mol. The monoisotopic (exact) mass is 213 g/mol. The predicted molar refractivity (Wildman–Crippen MR) is 60.6 cm³/mol. The molecule has 2 saturated heterocycles. The Morgan fingerprint density at radius 3 is 2.80 bits per heavy atom. The lowest BCUT2D eigenvalue weighted by Crippen LogP contribution is -2.69. The van der Waals surface area contributed by atoms with Crippen molar-refractivity contribution in [1.29, 1.82) is 0 Å². The van der Waals surface area contributed by atoms with Crippen molar-refractivity contribution in [2.24, 2.45) is 0 Å². The molecule has 0 amide bonds. The standard InChI is InChI=1S/C11H23N3O/c1-8(2)14-7-6-12-9-4-5-10(15-3)13-11(9)14/h8-13H,4-7H2,1-3H3. The average Bonchev–Trinajstić information content (AvgIpc) is 2.27. The largest absolute Gasteiger partial charge is 0.367 e. The molecule has 2 fully saturated rings. The van der Waals surface area contributed by atoms with Crippen LogP contribution in [0.4, 0.5) is 0 Å². The van der Waals surface area contributed by atoms with E-state index < -0.39 is 0 Å². The lowest BCUT2D eigenvalue weighted by Gasteiger charge is -2.48. The Labute approximate surface area is 92.4 Å². The van der Waals surface area contributed by atoms with Gasteiger partial charge in [-0.3, -0.25) is 10.2 Å². The number of fused-ring (bicyclic) bond motifs is 1. The first-order valence-electron chi connectivity index (χ1n) is 6.00. The van der Waals surface area contributed by atoms with Crippen molar-refractivity contribution >= 4 is 0 Å². The van der Waals surface area contributed by atoms with Gasteiger partial charge in [-0.25, -0.2) is 0 Å². The van der Waals surface area contributed by atoms with E-state index in [0.29, 0.717) is 18.2 Å². The second-order valence-corrected chi connectivity index (χ2v) is 4.81. The van der Waals surface area contributed by atoms with Crippen LogP contribution in [0.1, 0.15) is 26.7 Å². The number of piperidine rings is 1. The van der Waals surface area contributed by atoms with Crippen LogP contribution in [0, 0.1) is 0 Å². The number of methoxy groups -OCH3 is 1. The van der Waals surface area contributed by atoms with E-state index >= 15 is 0 Å². The van der Waals surface area contributed by atoms with Crippen molar-refractivity contribution in [3.63, 3.8) is 0 Å². The Balaban J connectivity index is 2.02. The molecule has 0 aromatic heterocycles. The van der Waals surface area contributed by atoms with E-state index in [4.69, 9.17) is 4.74 Å². The second kappa shape index (κ2) is 4.78. The van der Waals surface area contributed by atoms with Crippen molar-refractivity contribution in [3.8, 4) is 0 Å². The molecule has 0 aliphatic carbocycles. The molecule has 0 aromatic carbocycles. The molecule has 0 aromatic rings. The van der Waals surface area contributed by atoms with E-state index in [0.717, 1.165) is 19.5 Å². The molecule has 2 aliphatic heterocycles. The zero-order valence-electron chi connectivity index (χ0n) is 9.99. The molecule has 4 heteroatoms. The molecule has 0 saturated carbocycles. The molecule has 3 unspecified atom stereocenters. The first-order chi connectivity index (χ1) is 7.22. The van der Waals surface area contributed by atoms with Crippen LogP contribution < -0.4 is 10.6 Å². The average molecular weight is 213 g/mol. The van der Waals surface area contributed by atoms with Crippen LogP contribution in [0.5, 0.6) is 0 Å². The third-order valence-corrected chi connectivity index (χ3v) is 3.56. The van der Waals surface area contributed by atoms with Crippen LogP contribution in [0.2, 0.25) is 0 Å². The van der Waals surface area contributed by atoms with Gasteiger partial charge in [0.1, 0.15) is 6.23 Å². The van der Waals surface area contributed by atoms with E-state index in [1.165, 1.54) is 6.42 Å². The molecule has 4 nitrogen and oxygen atoms in total. The van der Waals surface area contributed by atoms with E-state index in [1.54, 1.807) is 7.11 Å². The number of ether oxygens (including phenoxy) is 1. The maximum absolute atomic E-state index is 5.40. The highest BCUT2D eigenvalue weighted by atomic mass is 16.5. The van der Waals surface area contributed by atoms with Gasteiger partial charge in [0.15, 0.2) is 0 Å². The van der Waals surface area contributed by atoms with Gasteiger partial charge in [0.25, 0.3) is 0 Å². The first-order valence-corrected chi connectivity index (χ1v) is 6.00. The quantitative estimate of drug-likeness (QED) is 0.694. The third kappa shape index (κ3) is 2.33. The van der Waals surface area contributed by atoms with Gasteiger partial charge in [-0.15, -0.1) is 0 Å². The van der Waals surface area contributed by atoms with Crippen LogP contribution in [-0.2, 0) is 4.74 Å². The van der Waals surface area contributed by atoms with Gasteiger partial charge in [-0.2, -0.15) is 0 Å². The number of nitrogens with zero attached hydrogens (tertiary/aromatic N) is 1. The fourth-order valence-corrected chi connectivity index (χ4v) is 2.70. The smallest absolute Gasteiger partial charge is 0.109 e. The summed E-state index contributed by atoms with van der Waals surface area (Å²) in [6.07, 6.45) is 2.99. The van der Waals surface area contributed by atoms with Gasteiger partial charge in [0.2, 0.25) is 0 Å². The predicted octanol–water partition coefficient (Wildman–Crippen LogP) is 0.351. The van der Waals surface area contributed by atoms with Crippen LogP contribution in [0.3, 0.4) is 0 Å². The number of hydrogen-bond donors (Lipinski definition) is 2. The van der Waals surface area contributed by atoms with Gasteiger partial charge in [0, 0.05) is 32.3 Å². The fourth-order valence-electron chi connectivity index (χ4n) is 2.70. The van der Waals surface area contributed by atoms with Crippen LogP contribution >= 0.6 is 0 Å². The van der Waals surface area contributed by atoms with Gasteiger partial charge < -0.3 is 10.1 Å². The highest BCUT2D eigenvalue weighted by molar-refractivity contribution is 4.93. The maximum Gasteiger partial charge on any atom is 0.109 e. The number of nitrogens with one attached hydrogen (secondary N) is 2. The number of rotatable bonds is 2. The second-order valence-electron chi connectivity index (χ2n) is 4.81. The van der Waals surface area contributed by atoms with E-state index in [1.807, 2.05) is 0 Å². The molecule has 2 aliphatic rings. The summed E-state index contributed by atoms with van der Waals surface area (Å²) < 4.78 is 5.40. The lowest BCUT2D eigenvalue weighted by atomic mass is 9.98. The van der Waals surface area contributed by atoms with Gasteiger partial charge in [-0.1, -0.05) is 0 Å². The molecule has 88 valence electrons. The minimum absolute atomic E-state index is 0.229. The Hall–Kier alpha value is -0.160. The summed E-state index contributed by atoms with van der Waals surface area (Å²) in [5.41, 5.74) is 0. The van der Waals surface area contributed by atoms with Crippen molar-refractivity contribution in [3.05, 3.63) is 0 Å². The summed E-state index contributed by atoms with van der Waals surface area (Å²) in [5, 5.41) is 7.17. The molecule has 0 bridgehead atoms. The molecule has 15 heavy (non-hydrogen) atoms. The highest BCUT2D eigenvalue weighted by Gasteiger charge is 2.37. The summed E-state index contributed by atoms with van der Waals surface area (Å²) in [6, 6.07) is 1.19. The summed E-state index contributed by atoms with van der Waals surface area (Å²) in [6.45, 7) is 6.77. The minimum atomic E-state index is 0.229. The van der Waals surface area contributed by atoms with E-state index in [9.17, 15) is 0 Å². The Kier molecular flexibility index (Phi) is 3.61. The van der Waals surface area contributed by atoms with Crippen LogP contribution in [0.25, 0.3) is 0 Å². The normalized spacial score (nSPS) is 38.0. The van der Waals surface area contributed by atoms with E-state index in [2.05, 4.69) is 29.4 Å². The van der Waals surface area contributed by atoms with Crippen LogP contribution in [0.15, 0.2) is 0 Å². The van der Waals surface area contributed by atoms with Crippen molar-refractivity contribution in [2.45, 2.75) is 51.2 Å².